The maximum atomic E-state index is 15.6. The molecule has 9 nitrogen and oxygen atoms in total. The number of halogens is 9. The molecule has 2 atom stereocenters. The molecule has 2 heterocycles. The minimum Gasteiger partial charge on any atom is -0.346 e. The number of alkyl halides is 8. The van der Waals surface area contributed by atoms with Crippen LogP contribution >= 0.6 is 0 Å². The average molecular weight is 614 g/mol. The first kappa shape index (κ1) is 31.1. The van der Waals surface area contributed by atoms with E-state index in [-0.39, 0.29) is 35.6 Å². The fourth-order valence-corrected chi connectivity index (χ4v) is 4.83. The first-order valence-corrected chi connectivity index (χ1v) is 12.5. The molecule has 1 aliphatic rings. The molecule has 3 N–H and O–H groups in total. The third kappa shape index (κ3) is 7.31. The summed E-state index contributed by atoms with van der Waals surface area (Å²) in [7, 11) is 0. The van der Waals surface area contributed by atoms with Crippen molar-refractivity contribution in [1.29, 1.82) is 0 Å². The number of carbonyl (C=O) groups is 2. The van der Waals surface area contributed by atoms with Gasteiger partial charge in [-0.2, -0.15) is 26.3 Å². The Bertz CT molecular complexity index is 1440. The van der Waals surface area contributed by atoms with Crippen molar-refractivity contribution in [3.05, 3.63) is 40.7 Å². The Kier molecular flexibility index (Phi) is 8.46. The highest BCUT2D eigenvalue weighted by molar-refractivity contribution is 5.93. The number of H-pyrrole nitrogens is 1. The number of imidazole rings is 1. The van der Waals surface area contributed by atoms with Gasteiger partial charge in [-0.3, -0.25) is 9.59 Å². The van der Waals surface area contributed by atoms with Crippen LogP contribution < -0.4 is 10.6 Å². The summed E-state index contributed by atoms with van der Waals surface area (Å²) in [6.45, 7) is -0.513. The lowest BCUT2D eigenvalue weighted by Gasteiger charge is -2.33. The molecule has 0 radical (unpaired) electrons. The van der Waals surface area contributed by atoms with Crippen molar-refractivity contribution >= 4 is 22.8 Å². The van der Waals surface area contributed by atoms with Crippen molar-refractivity contribution in [2.45, 2.75) is 69.3 Å². The van der Waals surface area contributed by atoms with Gasteiger partial charge in [0.25, 0.3) is 5.91 Å². The maximum Gasteiger partial charge on any atom is 0.405 e. The lowest BCUT2D eigenvalue weighted by Crippen LogP contribution is -2.38. The smallest absolute Gasteiger partial charge is 0.346 e. The molecule has 0 aliphatic heterocycles. The van der Waals surface area contributed by atoms with Gasteiger partial charge in [-0.05, 0) is 36.9 Å². The quantitative estimate of drug-likeness (QED) is 0.292. The molecule has 2 unspecified atom stereocenters. The zero-order valence-corrected chi connectivity index (χ0v) is 21.6. The maximum absolute atomic E-state index is 15.6. The summed E-state index contributed by atoms with van der Waals surface area (Å²) in [5, 5.41) is 10.9. The monoisotopic (exact) mass is 614 g/mol. The van der Waals surface area contributed by atoms with Gasteiger partial charge in [0.05, 0.1) is 23.9 Å². The number of benzene rings is 1. The standard InChI is InChI=1S/C24H23F9N6O3/c1-10-16(39-42-38-10)21(41)37-17(11-4-6-22(26,27)7-5-11)19-35-14-3-2-12(15(25)18(14)36-19)13(8-23(28,29)30)20(40)34-9-24(31,32)33/h2-3,11,13,17H,4-9H2,1H3,(H,34,40)(H,35,36)(H,37,41). The van der Waals surface area contributed by atoms with Crippen LogP contribution in [0.3, 0.4) is 0 Å². The van der Waals surface area contributed by atoms with Crippen LogP contribution in [0.1, 0.15) is 71.6 Å². The van der Waals surface area contributed by atoms with Gasteiger partial charge in [0.2, 0.25) is 11.8 Å². The van der Waals surface area contributed by atoms with Crippen molar-refractivity contribution in [3.63, 3.8) is 0 Å². The van der Waals surface area contributed by atoms with E-state index in [0.29, 0.717) is 0 Å². The summed E-state index contributed by atoms with van der Waals surface area (Å²) >= 11 is 0. The van der Waals surface area contributed by atoms with Crippen molar-refractivity contribution < 1.29 is 53.7 Å². The first-order chi connectivity index (χ1) is 19.4. The lowest BCUT2D eigenvalue weighted by molar-refractivity contribution is -0.152. The SMILES string of the molecule is Cc1nonc1C(=O)NC(c1nc2c(F)c(C(CC(F)(F)F)C(=O)NCC(F)(F)F)ccc2[nH]1)C1CCC(F)(F)CC1. The second-order valence-electron chi connectivity index (χ2n) is 10.0. The van der Waals surface area contributed by atoms with E-state index in [2.05, 4.69) is 30.2 Å². The fraction of sp³-hybridized carbons (Fsp3) is 0.542. The van der Waals surface area contributed by atoms with Crippen LogP contribution in [0.2, 0.25) is 0 Å². The van der Waals surface area contributed by atoms with E-state index in [1.165, 1.54) is 12.2 Å². The van der Waals surface area contributed by atoms with Crippen LogP contribution in [0.5, 0.6) is 0 Å². The fourth-order valence-electron chi connectivity index (χ4n) is 4.83. The summed E-state index contributed by atoms with van der Waals surface area (Å²) in [6, 6.07) is 0.758. The molecule has 1 saturated carbocycles. The Morgan fingerprint density at radius 1 is 1.10 bits per heavy atom. The molecule has 230 valence electrons. The number of amides is 2. The van der Waals surface area contributed by atoms with E-state index in [4.69, 9.17) is 0 Å². The first-order valence-electron chi connectivity index (χ1n) is 12.5. The van der Waals surface area contributed by atoms with Gasteiger partial charge >= 0.3 is 12.4 Å². The zero-order valence-electron chi connectivity index (χ0n) is 21.6. The minimum absolute atomic E-state index is 0.0776. The number of nitrogens with zero attached hydrogens (tertiary/aromatic N) is 3. The number of aromatic nitrogens is 4. The molecule has 2 aromatic heterocycles. The number of rotatable bonds is 8. The molecule has 3 aromatic rings. The van der Waals surface area contributed by atoms with E-state index in [9.17, 15) is 44.7 Å². The summed E-state index contributed by atoms with van der Waals surface area (Å²) in [6.07, 6.45) is -13.1. The molecule has 0 saturated heterocycles. The highest BCUT2D eigenvalue weighted by atomic mass is 19.4. The highest BCUT2D eigenvalue weighted by Gasteiger charge is 2.41. The van der Waals surface area contributed by atoms with Crippen LogP contribution in [-0.2, 0) is 4.79 Å². The Labute approximate surface area is 230 Å². The molecule has 1 aromatic carbocycles. The molecular formula is C24H23F9N6O3. The number of hydrogen-bond acceptors (Lipinski definition) is 6. The Hall–Kier alpha value is -3.86. The molecule has 2 amide bonds. The van der Waals surface area contributed by atoms with Gasteiger partial charge in [-0.1, -0.05) is 11.2 Å². The number of fused-ring (bicyclic) bond motifs is 1. The molecule has 1 fully saturated rings. The van der Waals surface area contributed by atoms with Gasteiger partial charge in [-0.25, -0.2) is 22.8 Å². The van der Waals surface area contributed by atoms with Crippen LogP contribution in [-0.4, -0.2) is 56.9 Å². The van der Waals surface area contributed by atoms with Gasteiger partial charge < -0.3 is 15.6 Å². The normalized spacial score (nSPS) is 17.7. The second-order valence-corrected chi connectivity index (χ2v) is 10.0. The van der Waals surface area contributed by atoms with Gasteiger partial charge in [-0.15, -0.1) is 0 Å². The molecule has 4 rings (SSSR count). The number of aryl methyl sites for hydroxylation is 1. The van der Waals surface area contributed by atoms with E-state index in [1.807, 2.05) is 0 Å². The predicted octanol–water partition coefficient (Wildman–Crippen LogP) is 5.40. The Morgan fingerprint density at radius 3 is 2.33 bits per heavy atom. The third-order valence-corrected chi connectivity index (χ3v) is 6.91. The average Bonchev–Trinajstić information content (AvgIpc) is 3.51. The topological polar surface area (TPSA) is 126 Å². The highest BCUT2D eigenvalue weighted by Crippen LogP contribution is 2.42. The predicted molar refractivity (Wildman–Crippen MR) is 125 cm³/mol. The number of carbonyl (C=O) groups excluding carboxylic acids is 2. The van der Waals surface area contributed by atoms with Crippen molar-refractivity contribution in [2.75, 3.05) is 6.54 Å². The summed E-state index contributed by atoms with van der Waals surface area (Å²) in [5.74, 6) is -10.0. The van der Waals surface area contributed by atoms with Crippen molar-refractivity contribution in [1.82, 2.24) is 30.9 Å². The number of aromatic amines is 1. The molecule has 0 bridgehead atoms. The Morgan fingerprint density at radius 2 is 1.76 bits per heavy atom. The second kappa shape index (κ2) is 11.4. The molecule has 18 heteroatoms. The molecule has 42 heavy (non-hydrogen) atoms. The van der Waals surface area contributed by atoms with E-state index in [1.54, 1.807) is 0 Å². The lowest BCUT2D eigenvalue weighted by atomic mass is 9.81. The molecule has 1 aliphatic carbocycles. The Balaban J connectivity index is 1.71. The van der Waals surface area contributed by atoms with Crippen LogP contribution in [0.15, 0.2) is 16.8 Å². The van der Waals surface area contributed by atoms with Crippen LogP contribution in [0.4, 0.5) is 39.5 Å². The number of nitrogens with one attached hydrogen (secondary N) is 3. The summed E-state index contributed by atoms with van der Waals surface area (Å²) in [5.41, 5.74) is -1.63. The molecular weight excluding hydrogens is 591 g/mol. The van der Waals surface area contributed by atoms with E-state index < -0.39 is 90.7 Å². The number of hydrogen-bond donors (Lipinski definition) is 3. The van der Waals surface area contributed by atoms with Crippen LogP contribution in [0, 0.1) is 18.7 Å². The van der Waals surface area contributed by atoms with Gasteiger partial charge in [0.15, 0.2) is 11.5 Å². The third-order valence-electron chi connectivity index (χ3n) is 6.91. The summed E-state index contributed by atoms with van der Waals surface area (Å²) in [4.78, 5) is 32.0. The van der Waals surface area contributed by atoms with Crippen LogP contribution in [0.25, 0.3) is 11.0 Å². The van der Waals surface area contributed by atoms with Gasteiger partial charge in [0, 0.05) is 18.4 Å². The zero-order chi connectivity index (χ0) is 31.0. The van der Waals surface area contributed by atoms with Crippen molar-refractivity contribution in [2.24, 2.45) is 5.92 Å². The largest absolute Gasteiger partial charge is 0.405 e. The summed E-state index contributed by atoms with van der Waals surface area (Å²) < 4.78 is 125. The van der Waals surface area contributed by atoms with Gasteiger partial charge in [0.1, 0.15) is 23.6 Å². The van der Waals surface area contributed by atoms with E-state index in [0.717, 1.165) is 12.1 Å². The minimum atomic E-state index is -5.05. The van der Waals surface area contributed by atoms with Crippen molar-refractivity contribution in [3.8, 4) is 0 Å². The molecule has 0 spiro atoms. The van der Waals surface area contributed by atoms with E-state index >= 15 is 4.39 Å².